The summed E-state index contributed by atoms with van der Waals surface area (Å²) in [5.74, 6) is -0.0597. The molecule has 2 aromatic rings. The van der Waals surface area contributed by atoms with Crippen LogP contribution in [0.2, 0.25) is 0 Å². The van der Waals surface area contributed by atoms with Crippen LogP contribution in [0.5, 0.6) is 0 Å². The number of benzene rings is 2. The van der Waals surface area contributed by atoms with E-state index in [0.29, 0.717) is 11.1 Å². The summed E-state index contributed by atoms with van der Waals surface area (Å²) in [4.78, 5) is 12.0. The van der Waals surface area contributed by atoms with Crippen LogP contribution in [-0.4, -0.2) is 20.0 Å². The first kappa shape index (κ1) is 14.9. The third kappa shape index (κ3) is 2.83. The minimum absolute atomic E-state index is 0.0597. The molecule has 106 valence electrons. The predicted octanol–water partition coefficient (Wildman–Crippen LogP) is 4.03. The molecule has 0 saturated carbocycles. The largest absolute Gasteiger partial charge is 0.334 e. The minimum Gasteiger partial charge on any atom is -0.312 e. The average Bonchev–Trinajstić information content (AvgIpc) is 2.46. The molecule has 5 heteroatoms. The van der Waals surface area contributed by atoms with Crippen LogP contribution in [-0.2, 0) is 19.8 Å². The first-order chi connectivity index (χ1) is 9.50. The quantitative estimate of drug-likeness (QED) is 0.616. The Morgan fingerprint density at radius 2 is 1.75 bits per heavy atom. The van der Waals surface area contributed by atoms with Crippen molar-refractivity contribution in [1.82, 2.24) is 0 Å². The second kappa shape index (κ2) is 5.88. The number of hydrogen-bond acceptors (Lipinski definition) is 4. The molecule has 20 heavy (non-hydrogen) atoms. The molecule has 0 saturated heterocycles. The maximum absolute atomic E-state index is 12.3. The van der Waals surface area contributed by atoms with Crippen molar-refractivity contribution >= 4 is 24.2 Å². The molecule has 0 radical (unpaired) electrons. The molecule has 2 rings (SSSR count). The Kier molecular flexibility index (Phi) is 4.39. The molecule has 4 nitrogen and oxygen atoms in total. The molecular weight excluding hydrogens is 275 g/mol. The maximum atomic E-state index is 12.3. The lowest BCUT2D eigenvalue weighted by Gasteiger charge is -2.16. The Morgan fingerprint density at radius 3 is 2.35 bits per heavy atom. The number of fused-ring (bicyclic) bond motifs is 1. The summed E-state index contributed by atoms with van der Waals surface area (Å²) >= 11 is 0. The molecule has 0 spiro atoms. The topological polar surface area (TPSA) is 52.6 Å². The number of hydrogen-bond donors (Lipinski definition) is 0. The van der Waals surface area contributed by atoms with Crippen molar-refractivity contribution in [1.29, 1.82) is 0 Å². The van der Waals surface area contributed by atoms with Crippen LogP contribution in [0.25, 0.3) is 10.8 Å². The second-order valence-corrected chi connectivity index (χ2v) is 6.78. The normalized spacial score (nSPS) is 11.8. The first-order valence-corrected chi connectivity index (χ1v) is 7.95. The van der Waals surface area contributed by atoms with Gasteiger partial charge in [0.25, 0.3) is 0 Å². The summed E-state index contributed by atoms with van der Waals surface area (Å²) < 4.78 is 22.2. The van der Waals surface area contributed by atoms with Gasteiger partial charge in [-0.3, -0.25) is 9.36 Å². The summed E-state index contributed by atoms with van der Waals surface area (Å²) in [6, 6.07) is 11.3. The van der Waals surface area contributed by atoms with E-state index in [1.807, 2.05) is 36.4 Å². The Hall–Kier alpha value is -1.48. The van der Waals surface area contributed by atoms with Crippen LogP contribution in [0.15, 0.2) is 36.4 Å². The van der Waals surface area contributed by atoms with E-state index in [2.05, 4.69) is 0 Å². The van der Waals surface area contributed by atoms with Gasteiger partial charge in [-0.2, -0.15) is 0 Å². The van der Waals surface area contributed by atoms with Crippen LogP contribution >= 0.6 is 7.60 Å². The zero-order valence-electron chi connectivity index (χ0n) is 11.8. The first-order valence-electron chi connectivity index (χ1n) is 6.23. The van der Waals surface area contributed by atoms with Gasteiger partial charge in [0.15, 0.2) is 5.78 Å². The fraction of sp³-hybridized carbons (Fsp3) is 0.267. The van der Waals surface area contributed by atoms with Crippen LogP contribution in [0.4, 0.5) is 0 Å². The highest BCUT2D eigenvalue weighted by Crippen LogP contribution is 2.50. The van der Waals surface area contributed by atoms with Gasteiger partial charge in [-0.05, 0) is 23.3 Å². The molecule has 0 aliphatic heterocycles. The third-order valence-corrected chi connectivity index (χ3v) is 5.13. The van der Waals surface area contributed by atoms with Crippen molar-refractivity contribution in [2.24, 2.45) is 0 Å². The Labute approximate surface area is 118 Å². The van der Waals surface area contributed by atoms with Crippen LogP contribution in [0.3, 0.4) is 0 Å². The number of Topliss-reactive ketones (excluding diaryl/α,β-unsaturated/α-hetero) is 1. The molecule has 0 aromatic heterocycles. The fourth-order valence-electron chi connectivity index (χ4n) is 2.28. The molecule has 0 aliphatic carbocycles. The number of carbonyl (C=O) groups excluding carboxylic acids is 1. The van der Waals surface area contributed by atoms with Crippen LogP contribution in [0, 0.1) is 0 Å². The molecule has 0 N–H and O–H groups in total. The van der Waals surface area contributed by atoms with Gasteiger partial charge in [0.2, 0.25) is 0 Å². The lowest BCUT2D eigenvalue weighted by atomic mass is 9.97. The van der Waals surface area contributed by atoms with Gasteiger partial charge in [-0.15, -0.1) is 0 Å². The number of rotatable bonds is 5. The van der Waals surface area contributed by atoms with Crippen molar-refractivity contribution in [2.45, 2.75) is 13.1 Å². The highest BCUT2D eigenvalue weighted by atomic mass is 31.2. The SMILES string of the molecule is COP(=O)(Cc1ccc2ccccc2c1C(C)=O)OC. The standard InChI is InChI=1S/C15H17O4P/c1-11(16)15-13(10-20(17,18-2)19-3)9-8-12-6-4-5-7-14(12)15/h4-9H,10H2,1-3H3. The molecule has 2 aromatic carbocycles. The fourth-order valence-corrected chi connectivity index (χ4v) is 3.36. The van der Waals surface area contributed by atoms with Crippen molar-refractivity contribution < 1.29 is 18.4 Å². The Bertz CT molecular complexity index is 685. The number of carbonyl (C=O) groups is 1. The van der Waals surface area contributed by atoms with Crippen LogP contribution < -0.4 is 0 Å². The van der Waals surface area contributed by atoms with E-state index in [4.69, 9.17) is 9.05 Å². The van der Waals surface area contributed by atoms with E-state index in [9.17, 15) is 9.36 Å². The summed E-state index contributed by atoms with van der Waals surface area (Å²) in [5, 5.41) is 1.84. The van der Waals surface area contributed by atoms with E-state index in [1.165, 1.54) is 21.1 Å². The van der Waals surface area contributed by atoms with Crippen molar-refractivity contribution in [2.75, 3.05) is 14.2 Å². The summed E-state index contributed by atoms with van der Waals surface area (Å²) in [6.45, 7) is 1.51. The maximum Gasteiger partial charge on any atom is 0.334 e. The summed E-state index contributed by atoms with van der Waals surface area (Å²) in [5.41, 5.74) is 1.26. The molecule has 0 unspecified atom stereocenters. The zero-order valence-corrected chi connectivity index (χ0v) is 12.6. The lowest BCUT2D eigenvalue weighted by molar-refractivity contribution is 0.101. The highest BCUT2D eigenvalue weighted by Gasteiger charge is 2.25. The monoisotopic (exact) mass is 292 g/mol. The molecule has 0 bridgehead atoms. The van der Waals surface area contributed by atoms with E-state index in [-0.39, 0.29) is 11.9 Å². The highest BCUT2D eigenvalue weighted by molar-refractivity contribution is 7.52. The summed E-state index contributed by atoms with van der Waals surface area (Å²) in [7, 11) is -0.508. The van der Waals surface area contributed by atoms with E-state index < -0.39 is 7.60 Å². The molecule has 0 amide bonds. The van der Waals surface area contributed by atoms with Crippen LogP contribution in [0.1, 0.15) is 22.8 Å². The van der Waals surface area contributed by atoms with Crippen molar-refractivity contribution in [3.8, 4) is 0 Å². The smallest absolute Gasteiger partial charge is 0.312 e. The van der Waals surface area contributed by atoms with Gasteiger partial charge in [-0.25, -0.2) is 0 Å². The van der Waals surface area contributed by atoms with Gasteiger partial charge in [0.1, 0.15) is 0 Å². The molecule has 0 atom stereocenters. The second-order valence-electron chi connectivity index (χ2n) is 4.51. The third-order valence-electron chi connectivity index (χ3n) is 3.29. The lowest BCUT2D eigenvalue weighted by Crippen LogP contribution is -2.03. The van der Waals surface area contributed by atoms with Gasteiger partial charge < -0.3 is 9.05 Å². The zero-order chi connectivity index (χ0) is 14.8. The van der Waals surface area contributed by atoms with E-state index >= 15 is 0 Å². The van der Waals surface area contributed by atoms with Gasteiger partial charge in [-0.1, -0.05) is 36.4 Å². The molecule has 0 heterocycles. The van der Waals surface area contributed by atoms with E-state index in [0.717, 1.165) is 10.8 Å². The van der Waals surface area contributed by atoms with Gasteiger partial charge in [0.05, 0.1) is 6.16 Å². The minimum atomic E-state index is -3.20. The van der Waals surface area contributed by atoms with E-state index in [1.54, 1.807) is 0 Å². The predicted molar refractivity (Wildman–Crippen MR) is 79.3 cm³/mol. The average molecular weight is 292 g/mol. The number of ketones is 1. The van der Waals surface area contributed by atoms with Crippen molar-refractivity contribution in [3.63, 3.8) is 0 Å². The van der Waals surface area contributed by atoms with Gasteiger partial charge >= 0.3 is 7.60 Å². The Morgan fingerprint density at radius 1 is 1.10 bits per heavy atom. The molecule has 0 fully saturated rings. The molecule has 0 aliphatic rings. The molecular formula is C15H17O4P. The van der Waals surface area contributed by atoms with Gasteiger partial charge in [0, 0.05) is 19.8 Å². The van der Waals surface area contributed by atoms with Crippen molar-refractivity contribution in [3.05, 3.63) is 47.5 Å². The summed E-state index contributed by atoms with van der Waals surface area (Å²) in [6.07, 6.45) is 0.0831. The Balaban J connectivity index is 2.62.